The van der Waals surface area contributed by atoms with Gasteiger partial charge in [-0.2, -0.15) is 0 Å². The van der Waals surface area contributed by atoms with Crippen molar-refractivity contribution in [2.45, 2.75) is 26.4 Å². The van der Waals surface area contributed by atoms with E-state index in [2.05, 4.69) is 11.5 Å². The Balaban J connectivity index is -0.000000196. The van der Waals surface area contributed by atoms with Crippen LogP contribution in [0.1, 0.15) is 20.8 Å². The molecule has 0 aromatic rings. The number of carbonyl (C=O) groups is 1. The average Bonchev–Trinajstić information content (AvgIpc) is 1.64. The summed E-state index contributed by atoms with van der Waals surface area (Å²) in [5, 5.41) is 0. The van der Waals surface area contributed by atoms with Crippen LogP contribution in [0.4, 0.5) is 4.79 Å². The predicted octanol–water partition coefficient (Wildman–Crippen LogP) is 1.70. The quantitative estimate of drug-likeness (QED) is 0.473. The number of ether oxygens (including phenoxy) is 1. The van der Waals surface area contributed by atoms with E-state index in [1.807, 2.05) is 0 Å². The molecule has 0 unspecified atom stereocenters. The van der Waals surface area contributed by atoms with Gasteiger partial charge in [0.25, 0.3) is 0 Å². The molecule has 0 aliphatic heterocycles. The zero-order valence-electron chi connectivity index (χ0n) is 6.88. The van der Waals surface area contributed by atoms with Crippen molar-refractivity contribution in [2.75, 3.05) is 0 Å². The molecule has 0 aromatic carbocycles. The fourth-order valence-electron chi connectivity index (χ4n) is 0.278. The number of hydrogen-bond acceptors (Lipinski definition) is 3. The van der Waals surface area contributed by atoms with Gasteiger partial charge >= 0.3 is 0 Å². The van der Waals surface area contributed by atoms with Crippen molar-refractivity contribution >= 4 is 12.9 Å². The molecule has 0 heterocycles. The molecule has 0 saturated carbocycles. The standard InChI is InChI=1S/C5H11NO2.CHO.Y/c1-5(2,3)8-4(6)7;1-2;/h1-3H3,(H2,6,7);1H;/q;-1;/p-1. The van der Waals surface area contributed by atoms with E-state index in [1.165, 1.54) is 0 Å². The Labute approximate surface area is 91.7 Å². The molecule has 5 heteroatoms. The van der Waals surface area contributed by atoms with E-state index in [4.69, 9.17) is 10.5 Å². The number of amides is 1. The number of hydrogen-bond donors (Lipinski definition) is 0. The Hall–Kier alpha value is 0.0439. The minimum Gasteiger partial charge on any atom is -0.632 e. The number of carbonyl (C=O) groups excluding carboxylic acids is 2. The van der Waals surface area contributed by atoms with Gasteiger partial charge in [-0.1, -0.05) is 0 Å². The smallest absolute Gasteiger partial charge is 0.227 e. The molecular formula is C6H11NO3Y-2. The van der Waals surface area contributed by atoms with Crippen LogP contribution < -0.4 is 0 Å². The van der Waals surface area contributed by atoms with Gasteiger partial charge in [0.1, 0.15) is 5.60 Å². The third kappa shape index (κ3) is 25.5. The van der Waals surface area contributed by atoms with E-state index >= 15 is 0 Å². The van der Waals surface area contributed by atoms with E-state index in [0.717, 1.165) is 0 Å². The average molecular weight is 234 g/mol. The van der Waals surface area contributed by atoms with Crippen molar-refractivity contribution < 1.29 is 47.0 Å². The first-order valence-corrected chi connectivity index (χ1v) is 2.60. The second-order valence-corrected chi connectivity index (χ2v) is 2.50. The van der Waals surface area contributed by atoms with Crippen molar-refractivity contribution in [3.05, 3.63) is 5.73 Å². The molecule has 63 valence electrons. The summed E-state index contributed by atoms with van der Waals surface area (Å²) in [4.78, 5) is 17.7. The second-order valence-electron chi connectivity index (χ2n) is 2.50. The monoisotopic (exact) mass is 234 g/mol. The van der Waals surface area contributed by atoms with Crippen LogP contribution >= 0.6 is 0 Å². The fourth-order valence-corrected chi connectivity index (χ4v) is 0.278. The molecule has 4 nitrogen and oxygen atoms in total. The third-order valence-corrected chi connectivity index (χ3v) is 0.399. The molecule has 0 spiro atoms. The SMILES string of the molecule is CC(C)(C)OC([NH-])=O.[CH-]=O.[Y]. The summed E-state index contributed by atoms with van der Waals surface area (Å²) in [6.45, 7) is 8.41. The zero-order chi connectivity index (χ0) is 8.78. The molecule has 1 N–H and O–H groups in total. The van der Waals surface area contributed by atoms with Gasteiger partial charge in [-0.3, -0.25) is 11.6 Å². The van der Waals surface area contributed by atoms with Gasteiger partial charge in [-0.05, 0) is 20.8 Å². The summed E-state index contributed by atoms with van der Waals surface area (Å²) in [5.74, 6) is 0. The summed E-state index contributed by atoms with van der Waals surface area (Å²) in [5.41, 5.74) is 5.86. The van der Waals surface area contributed by atoms with E-state index in [9.17, 15) is 4.79 Å². The summed E-state index contributed by atoms with van der Waals surface area (Å²) in [7, 11) is 0. The fraction of sp³-hybridized carbons (Fsp3) is 0.667. The third-order valence-electron chi connectivity index (χ3n) is 0.399. The van der Waals surface area contributed by atoms with E-state index in [0.29, 0.717) is 0 Å². The summed E-state index contributed by atoms with van der Waals surface area (Å²) >= 11 is 0. The Bertz CT molecular complexity index is 111. The normalized spacial score (nSPS) is 8.27. The molecule has 0 bridgehead atoms. The van der Waals surface area contributed by atoms with Crippen molar-refractivity contribution in [3.63, 3.8) is 0 Å². The first kappa shape index (κ1) is 17.2. The zero-order valence-corrected chi connectivity index (χ0v) is 9.72. The molecule has 0 aliphatic rings. The molecule has 0 aliphatic carbocycles. The second kappa shape index (κ2) is 8.14. The van der Waals surface area contributed by atoms with Crippen LogP contribution in [-0.4, -0.2) is 18.5 Å². The van der Waals surface area contributed by atoms with Gasteiger partial charge in [-0.25, -0.2) is 0 Å². The first-order chi connectivity index (χ1) is 4.42. The van der Waals surface area contributed by atoms with Crippen molar-refractivity contribution in [1.29, 1.82) is 0 Å². The minimum atomic E-state index is -0.975. The Morgan fingerprint density at radius 1 is 1.36 bits per heavy atom. The summed E-state index contributed by atoms with van der Waals surface area (Å²) < 4.78 is 4.47. The molecule has 0 aromatic heterocycles. The molecule has 11 heavy (non-hydrogen) atoms. The van der Waals surface area contributed by atoms with Crippen LogP contribution in [0.5, 0.6) is 0 Å². The predicted molar refractivity (Wildman–Crippen MR) is 37.3 cm³/mol. The molecule has 0 fully saturated rings. The van der Waals surface area contributed by atoms with Crippen LogP contribution in [-0.2, 0) is 42.2 Å². The van der Waals surface area contributed by atoms with Crippen LogP contribution in [0.2, 0.25) is 0 Å². The molecule has 1 radical (unpaired) electrons. The topological polar surface area (TPSA) is 67.2 Å². The van der Waals surface area contributed by atoms with Crippen LogP contribution in [0.15, 0.2) is 0 Å². The summed E-state index contributed by atoms with van der Waals surface area (Å²) in [6, 6.07) is 0. The van der Waals surface area contributed by atoms with Crippen LogP contribution in [0.3, 0.4) is 0 Å². The van der Waals surface area contributed by atoms with Gasteiger partial charge in [0.2, 0.25) is 6.09 Å². The van der Waals surface area contributed by atoms with Crippen LogP contribution in [0.25, 0.3) is 5.73 Å². The molecular weight excluding hydrogens is 223 g/mol. The Kier molecular flexibility index (Phi) is 12.7. The first-order valence-electron chi connectivity index (χ1n) is 2.60. The maximum absolute atomic E-state index is 9.90. The van der Waals surface area contributed by atoms with Crippen molar-refractivity contribution in [2.24, 2.45) is 0 Å². The molecule has 0 rings (SSSR count). The maximum atomic E-state index is 9.90. The van der Waals surface area contributed by atoms with Gasteiger partial charge in [-0.15, -0.1) is 0 Å². The van der Waals surface area contributed by atoms with Gasteiger partial charge in [0.15, 0.2) is 0 Å². The summed E-state index contributed by atoms with van der Waals surface area (Å²) in [6.07, 6.45) is -0.975. The Morgan fingerprint density at radius 2 is 1.64 bits per heavy atom. The van der Waals surface area contributed by atoms with Crippen LogP contribution in [0, 0.1) is 0 Å². The van der Waals surface area contributed by atoms with E-state index < -0.39 is 11.7 Å². The van der Waals surface area contributed by atoms with Gasteiger partial charge in [0, 0.05) is 32.7 Å². The molecule has 0 atom stereocenters. The van der Waals surface area contributed by atoms with E-state index in [1.54, 1.807) is 20.8 Å². The minimum absolute atomic E-state index is 0. The van der Waals surface area contributed by atoms with Gasteiger partial charge < -0.3 is 15.3 Å². The largest absolute Gasteiger partial charge is 0.632 e. The Morgan fingerprint density at radius 3 is 1.64 bits per heavy atom. The van der Waals surface area contributed by atoms with Crippen molar-refractivity contribution in [3.8, 4) is 0 Å². The number of nitrogens with one attached hydrogen (secondary N) is 1. The van der Waals surface area contributed by atoms with Crippen molar-refractivity contribution in [1.82, 2.24) is 0 Å². The van der Waals surface area contributed by atoms with E-state index in [-0.39, 0.29) is 32.7 Å². The maximum Gasteiger partial charge on any atom is 0.227 e. The molecule has 1 amide bonds. The van der Waals surface area contributed by atoms with Gasteiger partial charge in [0.05, 0.1) is 0 Å². The molecule has 0 saturated heterocycles. The number of rotatable bonds is 0.